The van der Waals surface area contributed by atoms with Crippen molar-refractivity contribution in [3.05, 3.63) is 119 Å². The third-order valence-electron chi connectivity index (χ3n) is 6.55. The minimum atomic E-state index is -0.961. The number of carbonyl (C=O) groups is 2. The molecule has 5 rings (SSSR count). The van der Waals surface area contributed by atoms with E-state index in [0.717, 1.165) is 5.52 Å². The molecule has 1 heterocycles. The van der Waals surface area contributed by atoms with E-state index < -0.39 is 11.9 Å². The van der Waals surface area contributed by atoms with Gasteiger partial charge in [-0.25, -0.2) is 0 Å². The summed E-state index contributed by atoms with van der Waals surface area (Å²) >= 11 is 0. The topological polar surface area (TPSA) is 95.7 Å². The maximum absolute atomic E-state index is 13.3. The van der Waals surface area contributed by atoms with E-state index in [-0.39, 0.29) is 5.78 Å². The van der Waals surface area contributed by atoms with Crippen molar-refractivity contribution in [2.24, 2.45) is 0 Å². The van der Waals surface area contributed by atoms with Crippen LogP contribution in [0, 0.1) is 11.8 Å². The number of para-hydroxylation sites is 4. The van der Waals surface area contributed by atoms with Crippen LogP contribution in [-0.4, -0.2) is 35.4 Å². The van der Waals surface area contributed by atoms with Crippen LogP contribution in [0.1, 0.15) is 39.9 Å². The number of carboxylic acid groups (broad SMARTS) is 1. The third kappa shape index (κ3) is 5.57. The maximum atomic E-state index is 13.3. The fourth-order valence-corrected chi connectivity index (χ4v) is 4.32. The van der Waals surface area contributed by atoms with Gasteiger partial charge in [-0.3, -0.25) is 9.59 Å². The zero-order valence-corrected chi connectivity index (χ0v) is 22.1. The van der Waals surface area contributed by atoms with Crippen LogP contribution < -0.4 is 10.2 Å². The van der Waals surface area contributed by atoms with Crippen molar-refractivity contribution < 1.29 is 19.1 Å². The molecule has 0 saturated heterocycles. The minimum Gasteiger partial charge on any atom is -0.481 e. The number of ketones is 1. The average molecular weight is 530 g/mol. The lowest BCUT2D eigenvalue weighted by Crippen LogP contribution is -2.17. The lowest BCUT2D eigenvalue weighted by molar-refractivity contribution is -0.138. The van der Waals surface area contributed by atoms with E-state index in [4.69, 9.17) is 4.42 Å². The number of benzene rings is 4. The minimum absolute atomic E-state index is 0.139. The van der Waals surface area contributed by atoms with Gasteiger partial charge in [-0.2, -0.15) is 4.98 Å². The predicted octanol–water partition coefficient (Wildman–Crippen LogP) is 6.48. The molecule has 0 bridgehead atoms. The summed E-state index contributed by atoms with van der Waals surface area (Å²) in [5, 5.41) is 13.2. The Morgan fingerprint density at radius 2 is 1.68 bits per heavy atom. The lowest BCUT2D eigenvalue weighted by atomic mass is 9.95. The van der Waals surface area contributed by atoms with Crippen LogP contribution in [0.15, 0.2) is 101 Å². The Morgan fingerprint density at radius 3 is 2.45 bits per heavy atom. The highest BCUT2D eigenvalue weighted by Gasteiger charge is 2.21. The average Bonchev–Trinajstić information content (AvgIpc) is 3.42. The molecule has 0 radical (unpaired) electrons. The number of aromatic nitrogens is 1. The van der Waals surface area contributed by atoms with Gasteiger partial charge in [-0.05, 0) is 42.8 Å². The Balaban J connectivity index is 1.48. The highest BCUT2D eigenvalue weighted by atomic mass is 16.4. The van der Waals surface area contributed by atoms with Crippen molar-refractivity contribution in [2.75, 3.05) is 23.8 Å². The number of rotatable bonds is 8. The van der Waals surface area contributed by atoms with Crippen LogP contribution in [-0.2, 0) is 4.79 Å². The summed E-state index contributed by atoms with van der Waals surface area (Å²) in [4.78, 5) is 31.6. The second kappa shape index (κ2) is 11.6. The zero-order valence-electron chi connectivity index (χ0n) is 22.1. The summed E-state index contributed by atoms with van der Waals surface area (Å²) in [5.41, 5.74) is 4.78. The normalized spacial score (nSPS) is 11.3. The molecule has 0 saturated carbocycles. The molecule has 0 amide bonds. The van der Waals surface area contributed by atoms with Gasteiger partial charge >= 0.3 is 5.97 Å². The Kier molecular flexibility index (Phi) is 7.61. The molecule has 1 aromatic heterocycles. The van der Waals surface area contributed by atoms with Gasteiger partial charge in [0.1, 0.15) is 5.52 Å². The summed E-state index contributed by atoms with van der Waals surface area (Å²) in [6.07, 6.45) is 0. The summed E-state index contributed by atoms with van der Waals surface area (Å²) in [6, 6.07) is 29.6. The molecule has 0 aliphatic carbocycles. The molecule has 5 aromatic rings. The first-order chi connectivity index (χ1) is 19.4. The summed E-state index contributed by atoms with van der Waals surface area (Å²) in [5.74, 6) is 4.43. The molecule has 0 unspecified atom stereocenters. The Labute approximate surface area is 232 Å². The number of hydrogen-bond acceptors (Lipinski definition) is 6. The molecule has 1 atom stereocenters. The number of carbonyl (C=O) groups excluding carboxylic acids is 1. The van der Waals surface area contributed by atoms with E-state index in [0.29, 0.717) is 51.8 Å². The van der Waals surface area contributed by atoms with Gasteiger partial charge in [0.05, 0.1) is 18.2 Å². The van der Waals surface area contributed by atoms with Crippen LogP contribution in [0.5, 0.6) is 0 Å². The van der Waals surface area contributed by atoms with Crippen LogP contribution in [0.3, 0.4) is 0 Å². The van der Waals surface area contributed by atoms with Crippen LogP contribution in [0.2, 0.25) is 0 Å². The second-order valence-electron chi connectivity index (χ2n) is 9.32. The number of aliphatic carboxylic acids is 1. The first kappa shape index (κ1) is 26.3. The van der Waals surface area contributed by atoms with E-state index in [1.54, 1.807) is 54.3 Å². The van der Waals surface area contributed by atoms with Gasteiger partial charge < -0.3 is 19.7 Å². The van der Waals surface area contributed by atoms with Crippen LogP contribution >= 0.6 is 0 Å². The monoisotopic (exact) mass is 529 g/mol. The van der Waals surface area contributed by atoms with Gasteiger partial charge in [0.2, 0.25) is 0 Å². The van der Waals surface area contributed by atoms with Crippen molar-refractivity contribution in [3.8, 4) is 11.8 Å². The zero-order chi connectivity index (χ0) is 28.1. The molecule has 4 aromatic carbocycles. The number of hydrogen-bond donors (Lipinski definition) is 2. The summed E-state index contributed by atoms with van der Waals surface area (Å²) in [7, 11) is 1.84. The van der Waals surface area contributed by atoms with E-state index in [1.165, 1.54) is 0 Å². The lowest BCUT2D eigenvalue weighted by Gasteiger charge is -2.19. The first-order valence-electron chi connectivity index (χ1n) is 12.8. The summed E-state index contributed by atoms with van der Waals surface area (Å²) < 4.78 is 5.82. The van der Waals surface area contributed by atoms with Crippen molar-refractivity contribution in [2.45, 2.75) is 12.8 Å². The van der Waals surface area contributed by atoms with Crippen molar-refractivity contribution >= 4 is 40.2 Å². The number of carboxylic acids is 1. The molecular formula is C33H27N3O4. The quantitative estimate of drug-likeness (QED) is 0.175. The smallest absolute Gasteiger partial charge is 0.310 e. The van der Waals surface area contributed by atoms with Gasteiger partial charge in [-0.1, -0.05) is 78.6 Å². The van der Waals surface area contributed by atoms with Crippen molar-refractivity contribution in [1.29, 1.82) is 0 Å². The van der Waals surface area contributed by atoms with E-state index >= 15 is 0 Å². The number of fused-ring (bicyclic) bond motifs is 1. The van der Waals surface area contributed by atoms with E-state index in [2.05, 4.69) is 22.1 Å². The molecule has 0 aliphatic heterocycles. The molecule has 0 spiro atoms. The van der Waals surface area contributed by atoms with E-state index in [9.17, 15) is 14.7 Å². The SMILES string of the molecule is C[C@H](C(=O)O)c1cccc(C#CCN(C)c2nc3ccccc3o2)c1Nc1ccccc1C(=O)c1ccccc1. The highest BCUT2D eigenvalue weighted by Crippen LogP contribution is 2.33. The van der Waals surface area contributed by atoms with Gasteiger partial charge in [0.15, 0.2) is 11.4 Å². The number of nitrogens with zero attached hydrogens (tertiary/aromatic N) is 2. The van der Waals surface area contributed by atoms with Gasteiger partial charge in [-0.15, -0.1) is 0 Å². The molecule has 7 nitrogen and oxygen atoms in total. The molecule has 0 fully saturated rings. The fourth-order valence-electron chi connectivity index (χ4n) is 4.32. The van der Waals surface area contributed by atoms with Gasteiger partial charge in [0, 0.05) is 29.4 Å². The second-order valence-corrected chi connectivity index (χ2v) is 9.32. The first-order valence-corrected chi connectivity index (χ1v) is 12.8. The number of oxazole rings is 1. The molecule has 40 heavy (non-hydrogen) atoms. The maximum Gasteiger partial charge on any atom is 0.310 e. The Morgan fingerprint density at radius 1 is 0.950 bits per heavy atom. The van der Waals surface area contributed by atoms with Crippen LogP contribution in [0.4, 0.5) is 17.4 Å². The largest absolute Gasteiger partial charge is 0.481 e. The molecule has 0 aliphatic rings. The third-order valence-corrected chi connectivity index (χ3v) is 6.55. The molecular weight excluding hydrogens is 502 g/mol. The number of anilines is 3. The molecule has 7 heteroatoms. The number of nitrogens with one attached hydrogen (secondary N) is 1. The van der Waals surface area contributed by atoms with Crippen LogP contribution in [0.25, 0.3) is 11.1 Å². The van der Waals surface area contributed by atoms with Gasteiger partial charge in [0.25, 0.3) is 6.01 Å². The summed E-state index contributed by atoms with van der Waals surface area (Å²) in [6.45, 7) is 1.95. The van der Waals surface area contributed by atoms with Crippen molar-refractivity contribution in [3.63, 3.8) is 0 Å². The standard InChI is InChI=1S/C33H27N3O4/c1-22(32(38)39)25-17-10-14-23(15-11-21-36(2)33-35-28-19-8-9-20-29(28)40-33)30(25)34-27-18-7-6-16-26(27)31(37)24-12-4-3-5-13-24/h3-10,12-14,16-20,22,34H,21H2,1-2H3,(H,38,39)/t22-/m0/s1. The highest BCUT2D eigenvalue weighted by molar-refractivity contribution is 6.12. The molecule has 2 N–H and O–H groups in total. The fraction of sp³-hybridized carbons (Fsp3) is 0.121. The molecule has 198 valence electrons. The van der Waals surface area contributed by atoms with Crippen molar-refractivity contribution in [1.82, 2.24) is 4.98 Å². The predicted molar refractivity (Wildman–Crippen MR) is 156 cm³/mol. The Hall–Kier alpha value is -5.35. The Bertz CT molecular complexity index is 1720. The van der Waals surface area contributed by atoms with E-state index in [1.807, 2.05) is 61.6 Å².